The summed E-state index contributed by atoms with van der Waals surface area (Å²) in [6.07, 6.45) is 4.32. The van der Waals surface area contributed by atoms with E-state index < -0.39 is 5.97 Å². The molecule has 2 rings (SSSR count). The third kappa shape index (κ3) is 1.95. The van der Waals surface area contributed by atoms with Crippen molar-refractivity contribution in [3.63, 3.8) is 0 Å². The van der Waals surface area contributed by atoms with E-state index in [-0.39, 0.29) is 0 Å². The first-order chi connectivity index (χ1) is 8.69. The second kappa shape index (κ2) is 4.91. The van der Waals surface area contributed by atoms with Gasteiger partial charge in [0, 0.05) is 18.8 Å². The number of esters is 1. The number of methoxy groups -OCH3 is 1. The highest BCUT2D eigenvalue weighted by Gasteiger charge is 2.14. The number of nitrogens with two attached hydrogens (primary N) is 1. The summed E-state index contributed by atoms with van der Waals surface area (Å²) >= 11 is 0. The Kier molecular flexibility index (Phi) is 3.32. The van der Waals surface area contributed by atoms with Gasteiger partial charge in [0.25, 0.3) is 0 Å². The van der Waals surface area contributed by atoms with E-state index >= 15 is 0 Å². The lowest BCUT2D eigenvalue weighted by molar-refractivity contribution is 0.0602. The number of ether oxygens (including phenoxy) is 1. The van der Waals surface area contributed by atoms with Crippen LogP contribution in [0.2, 0.25) is 0 Å². The Hall–Kier alpha value is -2.30. The zero-order chi connectivity index (χ0) is 13.1. The van der Waals surface area contributed by atoms with Crippen molar-refractivity contribution in [3.8, 4) is 5.69 Å². The first kappa shape index (κ1) is 12.2. The number of carbonyl (C=O) groups is 1. The number of para-hydroxylation sites is 1. The first-order valence-corrected chi connectivity index (χ1v) is 5.68. The Morgan fingerprint density at radius 1 is 1.50 bits per heavy atom. The van der Waals surface area contributed by atoms with Gasteiger partial charge in [0.15, 0.2) is 0 Å². The Labute approximate surface area is 105 Å². The maximum Gasteiger partial charge on any atom is 0.340 e. The zero-order valence-corrected chi connectivity index (χ0v) is 10.4. The number of hydrogen-bond donors (Lipinski definition) is 1. The van der Waals surface area contributed by atoms with Crippen molar-refractivity contribution < 1.29 is 9.53 Å². The number of rotatable bonds is 3. The van der Waals surface area contributed by atoms with Gasteiger partial charge in [0.1, 0.15) is 5.82 Å². The summed E-state index contributed by atoms with van der Waals surface area (Å²) in [6, 6.07) is 5.27. The molecule has 0 unspecified atom stereocenters. The monoisotopic (exact) mass is 245 g/mol. The molecule has 0 saturated carbocycles. The van der Waals surface area contributed by atoms with Crippen molar-refractivity contribution in [1.82, 2.24) is 9.55 Å². The smallest absolute Gasteiger partial charge is 0.340 e. The van der Waals surface area contributed by atoms with E-state index in [0.29, 0.717) is 11.3 Å². The van der Waals surface area contributed by atoms with Crippen molar-refractivity contribution in [3.05, 3.63) is 42.0 Å². The van der Waals surface area contributed by atoms with Crippen LogP contribution in [0.3, 0.4) is 0 Å². The van der Waals surface area contributed by atoms with E-state index in [1.54, 1.807) is 18.3 Å². The molecule has 0 saturated heterocycles. The molecule has 0 spiro atoms. The topological polar surface area (TPSA) is 70.1 Å². The van der Waals surface area contributed by atoms with Gasteiger partial charge in [-0.05, 0) is 12.1 Å². The van der Waals surface area contributed by atoms with Crippen LogP contribution in [0.4, 0.5) is 5.69 Å². The molecular formula is C13H15N3O2. The van der Waals surface area contributed by atoms with E-state index in [9.17, 15) is 4.79 Å². The van der Waals surface area contributed by atoms with Gasteiger partial charge in [-0.2, -0.15) is 0 Å². The van der Waals surface area contributed by atoms with Gasteiger partial charge in [0.05, 0.1) is 24.0 Å². The lowest BCUT2D eigenvalue weighted by Crippen LogP contribution is -2.10. The summed E-state index contributed by atoms with van der Waals surface area (Å²) in [7, 11) is 1.34. The third-order valence-corrected chi connectivity index (χ3v) is 2.78. The van der Waals surface area contributed by atoms with Crippen molar-refractivity contribution >= 4 is 11.7 Å². The zero-order valence-electron chi connectivity index (χ0n) is 10.4. The Morgan fingerprint density at radius 2 is 2.28 bits per heavy atom. The Balaban J connectivity index is 2.56. The van der Waals surface area contributed by atoms with Crippen LogP contribution in [0.1, 0.15) is 23.1 Å². The highest BCUT2D eigenvalue weighted by atomic mass is 16.5. The standard InChI is InChI=1S/C13H15N3O2/c1-3-11-15-7-8-16(11)10-6-4-5-9(12(10)14)13(17)18-2/h4-8H,3,14H2,1-2H3. The number of benzene rings is 1. The molecule has 0 aliphatic rings. The van der Waals surface area contributed by atoms with Crippen molar-refractivity contribution in [1.29, 1.82) is 0 Å². The SMILES string of the molecule is CCc1nccn1-c1cccc(C(=O)OC)c1N. The number of imidazole rings is 1. The lowest BCUT2D eigenvalue weighted by atomic mass is 10.1. The summed E-state index contributed by atoms with van der Waals surface area (Å²) in [6.45, 7) is 2.01. The van der Waals surface area contributed by atoms with E-state index in [1.165, 1.54) is 7.11 Å². The minimum Gasteiger partial charge on any atom is -0.465 e. The molecule has 0 radical (unpaired) electrons. The molecule has 1 heterocycles. The summed E-state index contributed by atoms with van der Waals surface area (Å²) in [5, 5.41) is 0. The lowest BCUT2D eigenvalue weighted by Gasteiger charge is -2.12. The average Bonchev–Trinajstić information content (AvgIpc) is 2.86. The molecule has 2 aromatic rings. The highest BCUT2D eigenvalue weighted by Crippen LogP contribution is 2.23. The predicted octanol–water partition coefficient (Wildman–Crippen LogP) is 1.80. The largest absolute Gasteiger partial charge is 0.465 e. The molecule has 1 aromatic heterocycles. The first-order valence-electron chi connectivity index (χ1n) is 5.68. The van der Waals surface area contributed by atoms with Gasteiger partial charge >= 0.3 is 5.97 Å². The molecule has 2 N–H and O–H groups in total. The van der Waals surface area contributed by atoms with E-state index in [2.05, 4.69) is 4.98 Å². The summed E-state index contributed by atoms with van der Waals surface area (Å²) in [4.78, 5) is 15.8. The fourth-order valence-electron chi connectivity index (χ4n) is 1.87. The molecule has 0 bridgehead atoms. The Morgan fingerprint density at radius 3 is 2.94 bits per heavy atom. The van der Waals surface area contributed by atoms with Gasteiger partial charge in [-0.25, -0.2) is 9.78 Å². The number of hydrogen-bond acceptors (Lipinski definition) is 4. The second-order valence-electron chi connectivity index (χ2n) is 3.80. The maximum absolute atomic E-state index is 11.6. The molecular weight excluding hydrogens is 230 g/mol. The fourth-order valence-corrected chi connectivity index (χ4v) is 1.87. The summed E-state index contributed by atoms with van der Waals surface area (Å²) in [5.74, 6) is 0.455. The summed E-state index contributed by atoms with van der Waals surface area (Å²) in [5.41, 5.74) is 7.53. The molecule has 18 heavy (non-hydrogen) atoms. The van der Waals surface area contributed by atoms with E-state index in [4.69, 9.17) is 10.5 Å². The number of aryl methyl sites for hydroxylation is 1. The molecule has 5 heteroatoms. The number of aromatic nitrogens is 2. The van der Waals surface area contributed by atoms with Gasteiger partial charge in [-0.3, -0.25) is 0 Å². The molecule has 1 aromatic carbocycles. The molecule has 0 amide bonds. The van der Waals surface area contributed by atoms with Crippen molar-refractivity contribution in [2.75, 3.05) is 12.8 Å². The van der Waals surface area contributed by atoms with E-state index in [0.717, 1.165) is 17.9 Å². The van der Waals surface area contributed by atoms with E-state index in [1.807, 2.05) is 23.8 Å². The molecule has 0 fully saturated rings. The number of anilines is 1. The van der Waals surface area contributed by atoms with Crippen LogP contribution in [0.5, 0.6) is 0 Å². The van der Waals surface area contributed by atoms with Crippen LogP contribution >= 0.6 is 0 Å². The minimum absolute atomic E-state index is 0.366. The normalized spacial score (nSPS) is 10.3. The maximum atomic E-state index is 11.6. The molecule has 5 nitrogen and oxygen atoms in total. The van der Waals surface area contributed by atoms with Crippen LogP contribution in [0.25, 0.3) is 5.69 Å². The van der Waals surface area contributed by atoms with Crippen LogP contribution in [0, 0.1) is 0 Å². The van der Waals surface area contributed by atoms with Crippen LogP contribution in [0.15, 0.2) is 30.6 Å². The fraction of sp³-hybridized carbons (Fsp3) is 0.231. The molecule has 94 valence electrons. The van der Waals surface area contributed by atoms with Gasteiger partial charge < -0.3 is 15.0 Å². The van der Waals surface area contributed by atoms with Crippen molar-refractivity contribution in [2.24, 2.45) is 0 Å². The van der Waals surface area contributed by atoms with Crippen LogP contribution < -0.4 is 5.73 Å². The summed E-state index contributed by atoms with van der Waals surface area (Å²) < 4.78 is 6.58. The number of nitrogens with zero attached hydrogens (tertiary/aromatic N) is 2. The number of nitrogen functional groups attached to an aromatic ring is 1. The quantitative estimate of drug-likeness (QED) is 0.661. The van der Waals surface area contributed by atoms with Gasteiger partial charge in [-0.15, -0.1) is 0 Å². The highest BCUT2D eigenvalue weighted by molar-refractivity contribution is 5.97. The third-order valence-electron chi connectivity index (χ3n) is 2.78. The van der Waals surface area contributed by atoms with Gasteiger partial charge in [0.2, 0.25) is 0 Å². The molecule has 0 aliphatic carbocycles. The average molecular weight is 245 g/mol. The minimum atomic E-state index is -0.437. The van der Waals surface area contributed by atoms with Crippen LogP contribution in [-0.4, -0.2) is 22.6 Å². The van der Waals surface area contributed by atoms with Crippen LogP contribution in [-0.2, 0) is 11.2 Å². The van der Waals surface area contributed by atoms with Gasteiger partial charge in [-0.1, -0.05) is 13.0 Å². The number of carbonyl (C=O) groups excluding carboxylic acids is 1. The Bertz CT molecular complexity index is 575. The molecule has 0 aliphatic heterocycles. The second-order valence-corrected chi connectivity index (χ2v) is 3.80. The molecule has 0 atom stereocenters. The predicted molar refractivity (Wildman–Crippen MR) is 68.7 cm³/mol. The van der Waals surface area contributed by atoms with Crippen molar-refractivity contribution in [2.45, 2.75) is 13.3 Å².